The molecule has 2 N–H and O–H groups in total. The molecule has 2 heterocycles. The Labute approximate surface area is 96.9 Å². The minimum Gasteiger partial charge on any atom is -0.478 e. The van der Waals surface area contributed by atoms with Crippen molar-refractivity contribution in [1.82, 2.24) is 14.8 Å². The fraction of sp³-hybridized carbons (Fsp3) is 0.364. The van der Waals surface area contributed by atoms with Gasteiger partial charge in [-0.05, 0) is 20.8 Å². The first-order valence-corrected chi connectivity index (χ1v) is 5.27. The molecular weight excluding hydrogens is 222 g/mol. The second-order valence-electron chi connectivity index (χ2n) is 4.20. The van der Waals surface area contributed by atoms with Crippen LogP contribution in [0.4, 0.5) is 0 Å². The molecule has 0 unspecified atom stereocenters. The smallest absolute Gasteiger partial charge is 0.336 e. The summed E-state index contributed by atoms with van der Waals surface area (Å²) >= 11 is 0. The molecule has 90 valence electrons. The minimum atomic E-state index is -1.12. The highest BCUT2D eigenvalue weighted by atomic mass is 16.4. The lowest BCUT2D eigenvalue weighted by Crippen LogP contribution is -2.12. The Hall–Kier alpha value is -2.11. The first kappa shape index (κ1) is 11.4. The van der Waals surface area contributed by atoms with Crippen molar-refractivity contribution in [2.45, 2.75) is 26.8 Å². The number of H-pyrrole nitrogens is 1. The quantitative estimate of drug-likeness (QED) is 0.821. The largest absolute Gasteiger partial charge is 0.478 e. The maximum Gasteiger partial charge on any atom is 0.336 e. The molecule has 0 aliphatic rings. The molecule has 0 fully saturated rings. The van der Waals surface area contributed by atoms with Crippen LogP contribution in [-0.4, -0.2) is 25.8 Å². The van der Waals surface area contributed by atoms with E-state index in [0.717, 1.165) is 6.07 Å². The van der Waals surface area contributed by atoms with Gasteiger partial charge in [-0.1, -0.05) is 0 Å². The van der Waals surface area contributed by atoms with Gasteiger partial charge in [-0.25, -0.2) is 9.48 Å². The van der Waals surface area contributed by atoms with Gasteiger partial charge < -0.3 is 10.1 Å². The van der Waals surface area contributed by atoms with Crippen molar-refractivity contribution in [3.63, 3.8) is 0 Å². The molecule has 2 aromatic rings. The third-order valence-corrected chi connectivity index (χ3v) is 2.59. The van der Waals surface area contributed by atoms with E-state index in [1.54, 1.807) is 11.6 Å². The van der Waals surface area contributed by atoms with Gasteiger partial charge in [0.15, 0.2) is 0 Å². The lowest BCUT2D eigenvalue weighted by molar-refractivity contribution is 0.0698. The molecule has 0 radical (unpaired) electrons. The Morgan fingerprint density at radius 3 is 2.71 bits per heavy atom. The molecule has 0 atom stereocenters. The van der Waals surface area contributed by atoms with E-state index in [2.05, 4.69) is 10.1 Å². The Morgan fingerprint density at radius 2 is 2.18 bits per heavy atom. The Bertz CT molecular complexity index is 652. The molecule has 0 aliphatic heterocycles. The number of fused-ring (bicyclic) bond motifs is 1. The fourth-order valence-electron chi connectivity index (χ4n) is 1.89. The highest BCUT2D eigenvalue weighted by Crippen LogP contribution is 2.21. The van der Waals surface area contributed by atoms with Gasteiger partial charge in [0.1, 0.15) is 5.65 Å². The van der Waals surface area contributed by atoms with Gasteiger partial charge in [0.05, 0.1) is 16.6 Å². The molecule has 17 heavy (non-hydrogen) atoms. The average Bonchev–Trinajstić information content (AvgIpc) is 2.54. The summed E-state index contributed by atoms with van der Waals surface area (Å²) in [6.07, 6.45) is 0. The SMILES string of the molecule is Cc1nn(C(C)C)c2[nH]c(=O)cc(C(=O)O)c12. The maximum atomic E-state index is 11.4. The minimum absolute atomic E-state index is 0.00634. The number of aromatic amines is 1. The number of pyridine rings is 1. The van der Waals surface area contributed by atoms with Crippen molar-refractivity contribution in [3.05, 3.63) is 27.7 Å². The summed E-state index contributed by atoms with van der Waals surface area (Å²) in [5, 5.41) is 13.8. The van der Waals surface area contributed by atoms with Crippen molar-refractivity contribution in [3.8, 4) is 0 Å². The zero-order chi connectivity index (χ0) is 12.7. The van der Waals surface area contributed by atoms with E-state index in [9.17, 15) is 9.59 Å². The molecule has 0 saturated heterocycles. The van der Waals surface area contributed by atoms with Crippen molar-refractivity contribution in [2.24, 2.45) is 0 Å². The zero-order valence-corrected chi connectivity index (χ0v) is 9.81. The van der Waals surface area contributed by atoms with E-state index >= 15 is 0 Å². The van der Waals surface area contributed by atoms with Crippen LogP contribution in [0.25, 0.3) is 11.0 Å². The first-order chi connectivity index (χ1) is 7.91. The number of nitrogens with zero attached hydrogens (tertiary/aromatic N) is 2. The molecule has 0 spiro atoms. The Morgan fingerprint density at radius 1 is 1.53 bits per heavy atom. The maximum absolute atomic E-state index is 11.4. The van der Waals surface area contributed by atoms with Gasteiger partial charge in [0.2, 0.25) is 5.56 Å². The number of carboxylic acids is 1. The highest BCUT2D eigenvalue weighted by molar-refractivity contribution is 6.02. The van der Waals surface area contributed by atoms with E-state index in [0.29, 0.717) is 16.7 Å². The van der Waals surface area contributed by atoms with Crippen LogP contribution in [0, 0.1) is 6.92 Å². The summed E-state index contributed by atoms with van der Waals surface area (Å²) < 4.78 is 1.62. The second kappa shape index (κ2) is 3.73. The van der Waals surface area contributed by atoms with Crippen LogP contribution < -0.4 is 5.56 Å². The topological polar surface area (TPSA) is 88.0 Å². The molecule has 6 nitrogen and oxygen atoms in total. The predicted molar refractivity (Wildman–Crippen MR) is 62.4 cm³/mol. The van der Waals surface area contributed by atoms with Crippen LogP contribution >= 0.6 is 0 Å². The zero-order valence-electron chi connectivity index (χ0n) is 9.81. The normalized spacial score (nSPS) is 11.3. The van der Waals surface area contributed by atoms with E-state index in [4.69, 9.17) is 5.11 Å². The third-order valence-electron chi connectivity index (χ3n) is 2.59. The van der Waals surface area contributed by atoms with E-state index < -0.39 is 11.5 Å². The van der Waals surface area contributed by atoms with Gasteiger partial charge in [-0.3, -0.25) is 4.79 Å². The van der Waals surface area contributed by atoms with Crippen molar-refractivity contribution in [1.29, 1.82) is 0 Å². The number of aromatic carboxylic acids is 1. The van der Waals surface area contributed by atoms with Gasteiger partial charge >= 0.3 is 5.97 Å². The molecule has 0 amide bonds. The van der Waals surface area contributed by atoms with Crippen LogP contribution in [0.1, 0.15) is 35.9 Å². The molecular formula is C11H13N3O3. The van der Waals surface area contributed by atoms with Gasteiger partial charge in [-0.2, -0.15) is 5.10 Å². The molecule has 0 saturated carbocycles. The highest BCUT2D eigenvalue weighted by Gasteiger charge is 2.18. The lowest BCUT2D eigenvalue weighted by atomic mass is 10.1. The van der Waals surface area contributed by atoms with Crippen LogP contribution in [0.3, 0.4) is 0 Å². The summed E-state index contributed by atoms with van der Waals surface area (Å²) in [7, 11) is 0. The summed E-state index contributed by atoms with van der Waals surface area (Å²) in [5.74, 6) is -1.12. The molecule has 0 aliphatic carbocycles. The number of nitrogens with one attached hydrogen (secondary N) is 1. The van der Waals surface area contributed by atoms with Crippen molar-refractivity contribution in [2.75, 3.05) is 0 Å². The number of aryl methyl sites for hydroxylation is 1. The van der Waals surface area contributed by atoms with E-state index in [-0.39, 0.29) is 11.6 Å². The van der Waals surface area contributed by atoms with Crippen molar-refractivity contribution < 1.29 is 9.90 Å². The number of aromatic nitrogens is 3. The number of hydrogen-bond donors (Lipinski definition) is 2. The van der Waals surface area contributed by atoms with Gasteiger partial charge in [-0.15, -0.1) is 0 Å². The lowest BCUT2D eigenvalue weighted by Gasteiger charge is -2.06. The number of carboxylic acid groups (broad SMARTS) is 1. The summed E-state index contributed by atoms with van der Waals surface area (Å²) in [4.78, 5) is 25.2. The van der Waals surface area contributed by atoms with Gasteiger partial charge in [0, 0.05) is 12.1 Å². The number of rotatable bonds is 2. The van der Waals surface area contributed by atoms with Crippen LogP contribution in [0.5, 0.6) is 0 Å². The van der Waals surface area contributed by atoms with E-state index in [1.165, 1.54) is 0 Å². The van der Waals surface area contributed by atoms with Crippen LogP contribution in [0.2, 0.25) is 0 Å². The third kappa shape index (κ3) is 1.71. The predicted octanol–water partition coefficient (Wildman–Crippen LogP) is 1.31. The number of carbonyl (C=O) groups is 1. The first-order valence-electron chi connectivity index (χ1n) is 5.27. The van der Waals surface area contributed by atoms with Gasteiger partial charge in [0.25, 0.3) is 0 Å². The van der Waals surface area contributed by atoms with E-state index in [1.807, 2.05) is 13.8 Å². The number of hydrogen-bond acceptors (Lipinski definition) is 3. The molecule has 2 rings (SSSR count). The molecule has 0 bridgehead atoms. The standard InChI is InChI=1S/C11H13N3O3/c1-5(2)14-10-9(6(3)13-14)7(11(16)17)4-8(15)12-10/h4-5H,1-3H3,(H,12,15)(H,16,17). The van der Waals surface area contributed by atoms with Crippen LogP contribution in [-0.2, 0) is 0 Å². The summed E-state index contributed by atoms with van der Waals surface area (Å²) in [6, 6.07) is 1.13. The molecule has 6 heteroatoms. The van der Waals surface area contributed by atoms with Crippen LogP contribution in [0.15, 0.2) is 10.9 Å². The Kier molecular flexibility index (Phi) is 2.49. The fourth-order valence-corrected chi connectivity index (χ4v) is 1.89. The average molecular weight is 235 g/mol. The monoisotopic (exact) mass is 235 g/mol. The summed E-state index contributed by atoms with van der Waals surface area (Å²) in [5.41, 5.74) is 0.620. The Balaban J connectivity index is 2.95. The van der Waals surface area contributed by atoms with Crippen molar-refractivity contribution >= 4 is 17.0 Å². The molecule has 2 aromatic heterocycles. The molecule has 0 aromatic carbocycles. The summed E-state index contributed by atoms with van der Waals surface area (Å²) in [6.45, 7) is 5.56. The second-order valence-corrected chi connectivity index (χ2v) is 4.20.